The molecule has 0 spiro atoms. The van der Waals surface area contributed by atoms with Gasteiger partial charge in [0.2, 0.25) is 0 Å². The number of aryl methyl sites for hydroxylation is 3. The summed E-state index contributed by atoms with van der Waals surface area (Å²) in [7, 11) is 0. The fourth-order valence-corrected chi connectivity index (χ4v) is 4.91. The van der Waals surface area contributed by atoms with E-state index in [4.69, 9.17) is 32.7 Å². The highest BCUT2D eigenvalue weighted by Gasteiger charge is 2.31. The summed E-state index contributed by atoms with van der Waals surface area (Å²) in [4.78, 5) is 2.39. The van der Waals surface area contributed by atoms with Crippen LogP contribution >= 0.6 is 23.2 Å². The molecule has 2 aromatic carbocycles. The number of benzene rings is 2. The van der Waals surface area contributed by atoms with Gasteiger partial charge in [-0.15, -0.1) is 0 Å². The molecule has 0 amide bonds. The van der Waals surface area contributed by atoms with Crippen molar-refractivity contribution in [2.75, 3.05) is 26.3 Å². The molecule has 36 heavy (non-hydrogen) atoms. The number of aliphatic hydroxyl groups is 1. The Balaban J connectivity index is 1.23. The van der Waals surface area contributed by atoms with E-state index in [1.807, 2.05) is 23.7 Å². The third-order valence-corrected chi connectivity index (χ3v) is 7.34. The van der Waals surface area contributed by atoms with Crippen LogP contribution in [0.4, 0.5) is 0 Å². The van der Waals surface area contributed by atoms with Crippen molar-refractivity contribution >= 4 is 23.2 Å². The molecule has 2 heterocycles. The van der Waals surface area contributed by atoms with Gasteiger partial charge in [-0.1, -0.05) is 35.3 Å². The van der Waals surface area contributed by atoms with Crippen LogP contribution in [0.25, 0.3) is 0 Å². The molecular weight excluding hydrogens is 497 g/mol. The summed E-state index contributed by atoms with van der Waals surface area (Å²) in [6.45, 7) is 8.39. The first-order valence-electron chi connectivity index (χ1n) is 12.6. The summed E-state index contributed by atoms with van der Waals surface area (Å²) in [6.07, 6.45) is 3.16. The van der Waals surface area contributed by atoms with E-state index in [0.29, 0.717) is 35.2 Å². The van der Waals surface area contributed by atoms with Crippen LogP contribution in [0, 0.1) is 13.8 Å². The van der Waals surface area contributed by atoms with Crippen molar-refractivity contribution in [2.24, 2.45) is 0 Å². The minimum atomic E-state index is -0.864. The number of likely N-dealkylation sites (tertiary alicyclic amines) is 1. The van der Waals surface area contributed by atoms with E-state index >= 15 is 0 Å². The summed E-state index contributed by atoms with van der Waals surface area (Å²) in [5.41, 5.74) is 2.58. The third-order valence-electron chi connectivity index (χ3n) is 6.60. The van der Waals surface area contributed by atoms with Crippen molar-refractivity contribution in [2.45, 2.75) is 58.2 Å². The van der Waals surface area contributed by atoms with E-state index in [-0.39, 0.29) is 6.61 Å². The number of halogens is 2. The molecular formula is C28H35Cl2N3O3. The highest BCUT2D eigenvalue weighted by Crippen LogP contribution is 2.29. The molecule has 3 aromatic rings. The summed E-state index contributed by atoms with van der Waals surface area (Å²) < 4.78 is 13.9. The van der Waals surface area contributed by atoms with Crippen LogP contribution in [-0.2, 0) is 13.1 Å². The maximum absolute atomic E-state index is 11.1. The Labute approximate surface area is 223 Å². The van der Waals surface area contributed by atoms with E-state index in [0.717, 1.165) is 50.5 Å². The lowest BCUT2D eigenvalue weighted by Crippen LogP contribution is -2.37. The molecule has 1 saturated heterocycles. The van der Waals surface area contributed by atoms with Gasteiger partial charge in [0.15, 0.2) is 0 Å². The molecule has 1 aliphatic rings. The molecule has 0 saturated carbocycles. The number of ether oxygens (including phenoxy) is 2. The van der Waals surface area contributed by atoms with Crippen molar-refractivity contribution in [1.82, 2.24) is 14.7 Å². The Kier molecular flexibility index (Phi) is 9.18. The zero-order chi connectivity index (χ0) is 25.5. The second-order valence-corrected chi connectivity index (χ2v) is 10.5. The maximum Gasteiger partial charge on any atom is 0.121 e. The molecule has 1 fully saturated rings. The Bertz CT molecular complexity index is 1150. The van der Waals surface area contributed by atoms with Crippen molar-refractivity contribution in [3.63, 3.8) is 0 Å². The van der Waals surface area contributed by atoms with Crippen molar-refractivity contribution in [1.29, 1.82) is 0 Å². The Morgan fingerprint density at radius 3 is 2.58 bits per heavy atom. The van der Waals surface area contributed by atoms with Gasteiger partial charge >= 0.3 is 0 Å². The molecule has 0 unspecified atom stereocenters. The normalized spacial score (nSPS) is 18.7. The zero-order valence-corrected chi connectivity index (χ0v) is 22.6. The average molecular weight is 533 g/mol. The maximum atomic E-state index is 11.1. The zero-order valence-electron chi connectivity index (χ0n) is 21.1. The van der Waals surface area contributed by atoms with Crippen LogP contribution < -0.4 is 9.47 Å². The molecule has 0 aliphatic carbocycles. The van der Waals surface area contributed by atoms with Gasteiger partial charge in [0.25, 0.3) is 0 Å². The summed E-state index contributed by atoms with van der Waals surface area (Å²) >= 11 is 12.1. The number of nitrogens with zero attached hydrogens (tertiary/aromatic N) is 3. The highest BCUT2D eigenvalue weighted by molar-refractivity contribution is 6.42. The van der Waals surface area contributed by atoms with Crippen molar-refractivity contribution in [3.05, 3.63) is 75.5 Å². The fraction of sp³-hybridized carbons (Fsp3) is 0.464. The van der Waals surface area contributed by atoms with Crippen LogP contribution in [0.15, 0.2) is 48.5 Å². The first kappa shape index (κ1) is 26.8. The summed E-state index contributed by atoms with van der Waals surface area (Å²) in [5.74, 6) is 1.51. The number of hydrogen-bond acceptors (Lipinski definition) is 5. The highest BCUT2D eigenvalue weighted by atomic mass is 35.5. The Morgan fingerprint density at radius 2 is 1.81 bits per heavy atom. The van der Waals surface area contributed by atoms with Crippen LogP contribution in [0.3, 0.4) is 0 Å². The predicted octanol–water partition coefficient (Wildman–Crippen LogP) is 6.07. The standard InChI is InChI=1S/C28H35Cl2N3O3/c1-21-16-22(2)33(31-21)13-5-15-35-24-7-3-6-23(17-24)19-32-12-4-10-28(34,11-14-32)20-36-25-8-9-26(29)27(30)18-25/h3,6-9,16-18,34H,4-5,10-15,19-20H2,1-2H3/t28-/m0/s1. The molecule has 194 valence electrons. The predicted molar refractivity (Wildman–Crippen MR) is 144 cm³/mol. The van der Waals surface area contributed by atoms with Crippen LogP contribution in [0.1, 0.15) is 42.6 Å². The Morgan fingerprint density at radius 1 is 0.972 bits per heavy atom. The lowest BCUT2D eigenvalue weighted by molar-refractivity contribution is -0.0168. The molecule has 1 N–H and O–H groups in total. The largest absolute Gasteiger partial charge is 0.494 e. The lowest BCUT2D eigenvalue weighted by atomic mass is 9.96. The average Bonchev–Trinajstić information content (AvgIpc) is 3.05. The summed E-state index contributed by atoms with van der Waals surface area (Å²) in [6, 6.07) is 15.6. The van der Waals surface area contributed by atoms with E-state index in [9.17, 15) is 5.11 Å². The van der Waals surface area contributed by atoms with Crippen LogP contribution in [0.2, 0.25) is 10.0 Å². The quantitative estimate of drug-likeness (QED) is 0.321. The number of rotatable bonds is 10. The second kappa shape index (κ2) is 12.3. The topological polar surface area (TPSA) is 59.8 Å². The summed E-state index contributed by atoms with van der Waals surface area (Å²) in [5, 5.41) is 16.6. The minimum Gasteiger partial charge on any atom is -0.494 e. The first-order chi connectivity index (χ1) is 17.3. The van der Waals surface area contributed by atoms with E-state index in [1.165, 1.54) is 11.3 Å². The molecule has 8 heteroatoms. The molecule has 1 aromatic heterocycles. The smallest absolute Gasteiger partial charge is 0.121 e. The van der Waals surface area contributed by atoms with Gasteiger partial charge in [0.1, 0.15) is 18.1 Å². The number of hydrogen-bond donors (Lipinski definition) is 1. The number of aromatic nitrogens is 2. The molecule has 1 atom stereocenters. The Hall–Kier alpha value is -2.25. The van der Waals surface area contributed by atoms with Gasteiger partial charge in [0, 0.05) is 37.8 Å². The SMILES string of the molecule is Cc1cc(C)n(CCCOc2cccc(CN3CCC[C@@](O)(COc4ccc(Cl)c(Cl)c4)CC3)c2)n1. The van der Waals surface area contributed by atoms with Crippen LogP contribution in [0.5, 0.6) is 11.5 Å². The van der Waals surface area contributed by atoms with Gasteiger partial charge in [-0.3, -0.25) is 9.58 Å². The van der Waals surface area contributed by atoms with Gasteiger partial charge in [-0.2, -0.15) is 5.10 Å². The fourth-order valence-electron chi connectivity index (χ4n) is 4.62. The van der Waals surface area contributed by atoms with Crippen molar-refractivity contribution in [3.8, 4) is 11.5 Å². The first-order valence-corrected chi connectivity index (χ1v) is 13.3. The van der Waals surface area contributed by atoms with E-state index in [2.05, 4.69) is 35.1 Å². The van der Waals surface area contributed by atoms with Gasteiger partial charge < -0.3 is 14.6 Å². The van der Waals surface area contributed by atoms with Gasteiger partial charge in [-0.05, 0) is 75.5 Å². The minimum absolute atomic E-state index is 0.236. The molecule has 0 radical (unpaired) electrons. The van der Waals surface area contributed by atoms with E-state index < -0.39 is 5.60 Å². The lowest BCUT2D eigenvalue weighted by Gasteiger charge is -2.27. The van der Waals surface area contributed by atoms with Crippen molar-refractivity contribution < 1.29 is 14.6 Å². The molecule has 6 nitrogen and oxygen atoms in total. The van der Waals surface area contributed by atoms with E-state index in [1.54, 1.807) is 18.2 Å². The van der Waals surface area contributed by atoms with Gasteiger partial charge in [-0.25, -0.2) is 0 Å². The van der Waals surface area contributed by atoms with Crippen LogP contribution in [-0.4, -0.2) is 51.7 Å². The molecule has 0 bridgehead atoms. The monoisotopic (exact) mass is 531 g/mol. The third kappa shape index (κ3) is 7.62. The second-order valence-electron chi connectivity index (χ2n) is 9.72. The molecule has 4 rings (SSSR count). The van der Waals surface area contributed by atoms with Gasteiger partial charge in [0.05, 0.1) is 27.9 Å². The molecule has 1 aliphatic heterocycles.